The molecule has 1 aliphatic rings. The van der Waals surface area contributed by atoms with Crippen LogP contribution in [-0.2, 0) is 0 Å². The van der Waals surface area contributed by atoms with Gasteiger partial charge >= 0.3 is 0 Å². The number of rotatable bonds is 7. The highest BCUT2D eigenvalue weighted by molar-refractivity contribution is 6.12. The third kappa shape index (κ3) is 5.95. The number of furan rings is 2. The molecule has 1 fully saturated rings. The van der Waals surface area contributed by atoms with E-state index >= 15 is 0 Å². The van der Waals surface area contributed by atoms with Gasteiger partial charge in [-0.25, -0.2) is 0 Å². The molecule has 0 unspecified atom stereocenters. The van der Waals surface area contributed by atoms with Gasteiger partial charge in [0.15, 0.2) is 0 Å². The number of benzene rings is 9. The summed E-state index contributed by atoms with van der Waals surface area (Å²) in [5.41, 5.74) is 15.1. The minimum atomic E-state index is 0.565. The summed E-state index contributed by atoms with van der Waals surface area (Å²) >= 11 is 0. The molecule has 0 radical (unpaired) electrons. The molecule has 2 aromatic heterocycles. The van der Waals surface area contributed by atoms with Crippen molar-refractivity contribution in [3.8, 4) is 33.4 Å². The summed E-state index contributed by atoms with van der Waals surface area (Å²) in [6.07, 6.45) is 6.41. The maximum absolute atomic E-state index is 6.69. The van der Waals surface area contributed by atoms with Gasteiger partial charge in [0.25, 0.3) is 0 Å². The lowest BCUT2D eigenvalue weighted by Crippen LogP contribution is -2.12. The van der Waals surface area contributed by atoms with Gasteiger partial charge in [0.2, 0.25) is 0 Å². The Bertz CT molecular complexity index is 3410. The molecule has 2 heterocycles. The van der Waals surface area contributed by atoms with Crippen LogP contribution in [0.15, 0.2) is 203 Å². The van der Waals surface area contributed by atoms with Crippen LogP contribution in [0.25, 0.3) is 88.0 Å². The molecule has 11 aromatic rings. The molecule has 9 aromatic carbocycles. The molecular formula is C58H43NO2. The first kappa shape index (κ1) is 35.6. The minimum absolute atomic E-state index is 0.565. The van der Waals surface area contributed by atoms with Crippen LogP contribution in [0.1, 0.15) is 43.6 Å². The molecule has 12 rings (SSSR count). The second-order valence-corrected chi connectivity index (χ2v) is 16.6. The van der Waals surface area contributed by atoms with Crippen LogP contribution in [0.2, 0.25) is 0 Å². The monoisotopic (exact) mass is 785 g/mol. The van der Waals surface area contributed by atoms with E-state index in [9.17, 15) is 0 Å². The Labute approximate surface area is 355 Å². The molecule has 0 spiro atoms. The lowest BCUT2D eigenvalue weighted by atomic mass is 9.80. The van der Waals surface area contributed by atoms with Gasteiger partial charge in [0.1, 0.15) is 22.3 Å². The van der Waals surface area contributed by atoms with E-state index in [-0.39, 0.29) is 0 Å². The minimum Gasteiger partial charge on any atom is -0.455 e. The van der Waals surface area contributed by atoms with Crippen molar-refractivity contribution in [2.45, 2.75) is 38.0 Å². The second kappa shape index (κ2) is 14.7. The van der Waals surface area contributed by atoms with Crippen LogP contribution in [0.4, 0.5) is 17.1 Å². The van der Waals surface area contributed by atoms with Crippen molar-refractivity contribution in [3.05, 3.63) is 200 Å². The first-order valence-electron chi connectivity index (χ1n) is 21.7. The van der Waals surface area contributed by atoms with Crippen molar-refractivity contribution in [3.63, 3.8) is 0 Å². The maximum atomic E-state index is 6.69. The highest BCUT2D eigenvalue weighted by atomic mass is 16.3. The van der Waals surface area contributed by atoms with Crippen molar-refractivity contribution >= 4 is 71.7 Å². The van der Waals surface area contributed by atoms with Gasteiger partial charge in [-0.1, -0.05) is 177 Å². The molecule has 0 aliphatic heterocycles. The van der Waals surface area contributed by atoms with E-state index in [1.54, 1.807) is 0 Å². The largest absolute Gasteiger partial charge is 0.455 e. The zero-order valence-electron chi connectivity index (χ0n) is 33.9. The van der Waals surface area contributed by atoms with Crippen LogP contribution in [0, 0.1) is 0 Å². The Morgan fingerprint density at radius 1 is 0.377 bits per heavy atom. The predicted molar refractivity (Wildman–Crippen MR) is 255 cm³/mol. The van der Waals surface area contributed by atoms with Crippen molar-refractivity contribution in [2.24, 2.45) is 0 Å². The molecule has 1 saturated carbocycles. The van der Waals surface area contributed by atoms with Gasteiger partial charge in [-0.15, -0.1) is 0 Å². The number of anilines is 3. The lowest BCUT2D eigenvalue weighted by Gasteiger charge is -2.31. The Hall–Kier alpha value is -7.36. The van der Waals surface area contributed by atoms with Gasteiger partial charge in [0.05, 0.1) is 11.4 Å². The summed E-state index contributed by atoms with van der Waals surface area (Å²) in [5.74, 6) is 0.565. The molecule has 3 heteroatoms. The fraction of sp³-hybridized carbons (Fsp3) is 0.103. The molecule has 0 atom stereocenters. The van der Waals surface area contributed by atoms with Crippen molar-refractivity contribution in [1.82, 2.24) is 0 Å². The molecule has 0 N–H and O–H groups in total. The fourth-order valence-electron chi connectivity index (χ4n) is 10.3. The Balaban J connectivity index is 1.08. The van der Waals surface area contributed by atoms with E-state index in [2.05, 4.69) is 187 Å². The van der Waals surface area contributed by atoms with Crippen LogP contribution in [0.3, 0.4) is 0 Å². The van der Waals surface area contributed by atoms with Crippen molar-refractivity contribution in [2.75, 3.05) is 4.90 Å². The van der Waals surface area contributed by atoms with Gasteiger partial charge in [0, 0.05) is 49.5 Å². The number of nitrogens with zero attached hydrogens (tertiary/aromatic N) is 1. The second-order valence-electron chi connectivity index (χ2n) is 16.6. The molecule has 0 saturated heterocycles. The van der Waals surface area contributed by atoms with Gasteiger partial charge < -0.3 is 13.7 Å². The van der Waals surface area contributed by atoms with E-state index in [0.29, 0.717) is 5.92 Å². The molecular weight excluding hydrogens is 743 g/mol. The van der Waals surface area contributed by atoms with Crippen LogP contribution >= 0.6 is 0 Å². The normalized spacial score (nSPS) is 13.5. The molecule has 0 amide bonds. The maximum Gasteiger partial charge on any atom is 0.143 e. The fourth-order valence-corrected chi connectivity index (χ4v) is 10.3. The first-order valence-corrected chi connectivity index (χ1v) is 21.7. The van der Waals surface area contributed by atoms with E-state index in [0.717, 1.165) is 83.2 Å². The first-order chi connectivity index (χ1) is 30.3. The standard InChI is InChI=1S/C58H43NO2/c1-2-16-38(17-3-1)42-24-12-18-40-19-13-26-48(56(40)42)44-20-4-8-30-52(44)59(41-36-34-39(35-37-41)43-25-14-28-50-46-22-6-10-32-54(46)60-57(43)50)53-31-9-5-21-45(53)49-27-15-29-51-47-23-7-11-33-55(47)61-58(49)51/h4-15,18-38H,1-3,16-17H2. The number of hydrogen-bond acceptors (Lipinski definition) is 3. The van der Waals surface area contributed by atoms with E-state index in [4.69, 9.17) is 8.83 Å². The molecule has 292 valence electrons. The summed E-state index contributed by atoms with van der Waals surface area (Å²) < 4.78 is 13.2. The molecule has 0 bridgehead atoms. The summed E-state index contributed by atoms with van der Waals surface area (Å²) in [5, 5.41) is 7.17. The van der Waals surface area contributed by atoms with E-state index in [1.807, 2.05) is 12.1 Å². The Morgan fingerprint density at radius 2 is 0.869 bits per heavy atom. The molecule has 3 nitrogen and oxygen atoms in total. The average Bonchev–Trinajstić information content (AvgIpc) is 3.91. The topological polar surface area (TPSA) is 29.5 Å². The molecule has 61 heavy (non-hydrogen) atoms. The Morgan fingerprint density at radius 3 is 1.54 bits per heavy atom. The zero-order chi connectivity index (χ0) is 40.3. The summed E-state index contributed by atoms with van der Waals surface area (Å²) in [4.78, 5) is 2.46. The number of para-hydroxylation sites is 6. The zero-order valence-corrected chi connectivity index (χ0v) is 33.9. The average molecular weight is 786 g/mol. The summed E-state index contributed by atoms with van der Waals surface area (Å²) in [6.45, 7) is 0. The predicted octanol–water partition coefficient (Wildman–Crippen LogP) is 17.2. The smallest absolute Gasteiger partial charge is 0.143 e. The van der Waals surface area contributed by atoms with Crippen LogP contribution < -0.4 is 4.90 Å². The SMILES string of the molecule is c1ccc(N(c2ccc(-c3cccc4c3oc3ccccc34)cc2)c2ccccc2-c2cccc3cccc(C4CCCCC4)c23)c(-c2cccc3c2oc2ccccc23)c1. The Kier molecular flexibility index (Phi) is 8.59. The third-order valence-corrected chi connectivity index (χ3v) is 13.1. The summed E-state index contributed by atoms with van der Waals surface area (Å²) in [7, 11) is 0. The summed E-state index contributed by atoms with van der Waals surface area (Å²) in [6, 6.07) is 70.2. The van der Waals surface area contributed by atoms with E-state index in [1.165, 1.54) is 59.6 Å². The van der Waals surface area contributed by atoms with Gasteiger partial charge in [-0.2, -0.15) is 0 Å². The van der Waals surface area contributed by atoms with Crippen LogP contribution in [-0.4, -0.2) is 0 Å². The third-order valence-electron chi connectivity index (χ3n) is 13.1. The number of fused-ring (bicyclic) bond motifs is 7. The van der Waals surface area contributed by atoms with E-state index < -0.39 is 0 Å². The van der Waals surface area contributed by atoms with Crippen molar-refractivity contribution < 1.29 is 8.83 Å². The van der Waals surface area contributed by atoms with Crippen LogP contribution in [0.5, 0.6) is 0 Å². The number of hydrogen-bond donors (Lipinski definition) is 0. The quantitative estimate of drug-likeness (QED) is 0.161. The van der Waals surface area contributed by atoms with Crippen molar-refractivity contribution in [1.29, 1.82) is 0 Å². The highest BCUT2D eigenvalue weighted by Gasteiger charge is 2.25. The highest BCUT2D eigenvalue weighted by Crippen LogP contribution is 2.49. The van der Waals surface area contributed by atoms with Gasteiger partial charge in [-0.05, 0) is 82.6 Å². The lowest BCUT2D eigenvalue weighted by molar-refractivity contribution is 0.445. The van der Waals surface area contributed by atoms with Gasteiger partial charge in [-0.3, -0.25) is 0 Å². The molecule has 1 aliphatic carbocycles.